The van der Waals surface area contributed by atoms with Gasteiger partial charge in [-0.25, -0.2) is 14.8 Å². The van der Waals surface area contributed by atoms with Gasteiger partial charge in [0.05, 0.1) is 44.0 Å². The number of nitrogens with zero attached hydrogens (tertiary/aromatic N) is 4. The lowest BCUT2D eigenvalue weighted by Gasteiger charge is -2.21. The second kappa shape index (κ2) is 14.2. The van der Waals surface area contributed by atoms with Crippen molar-refractivity contribution in [3.05, 3.63) is 60.4 Å². The maximum Gasteiger partial charge on any atom is 0.407 e. The van der Waals surface area contributed by atoms with E-state index in [0.717, 1.165) is 54.3 Å². The van der Waals surface area contributed by atoms with Crippen molar-refractivity contribution in [3.8, 4) is 22.5 Å². The number of fused-ring (bicyclic) bond motifs is 2. The number of hydrogen-bond donors (Lipinski definition) is 3. The molecular formula is C31H37N7O3S2. The van der Waals surface area contributed by atoms with E-state index in [1.807, 2.05) is 13.1 Å². The summed E-state index contributed by atoms with van der Waals surface area (Å²) < 4.78 is 4.57. The Labute approximate surface area is 260 Å². The molecule has 3 N–H and O–H groups in total. The zero-order chi connectivity index (χ0) is 30.3. The molecule has 0 aliphatic carbocycles. The summed E-state index contributed by atoms with van der Waals surface area (Å²) in [7, 11) is 3.39. The molecule has 0 saturated heterocycles. The zero-order valence-electron chi connectivity index (χ0n) is 24.9. The topological polar surface area (TPSA) is 119 Å². The van der Waals surface area contributed by atoms with Gasteiger partial charge in [0, 0.05) is 37.3 Å². The minimum atomic E-state index is -0.631. The number of hydrogen-bond acceptors (Lipinski definition) is 8. The number of amides is 2. The molecule has 1 aliphatic rings. The van der Waals surface area contributed by atoms with E-state index in [0.29, 0.717) is 18.9 Å². The molecule has 0 fully saturated rings. The second-order valence-electron chi connectivity index (χ2n) is 10.4. The first-order valence-corrected chi connectivity index (χ1v) is 16.0. The van der Waals surface area contributed by atoms with Crippen molar-refractivity contribution < 1.29 is 14.3 Å². The predicted octanol–water partition coefficient (Wildman–Crippen LogP) is 6.02. The van der Waals surface area contributed by atoms with Gasteiger partial charge in [-0.2, -0.15) is 0 Å². The van der Waals surface area contributed by atoms with Crippen LogP contribution >= 0.6 is 23.5 Å². The highest BCUT2D eigenvalue weighted by Gasteiger charge is 2.20. The normalized spacial score (nSPS) is 12.1. The molecule has 0 unspecified atom stereocenters. The van der Waals surface area contributed by atoms with Crippen molar-refractivity contribution in [2.75, 3.05) is 33.8 Å². The van der Waals surface area contributed by atoms with E-state index < -0.39 is 6.09 Å². The van der Waals surface area contributed by atoms with E-state index in [1.165, 1.54) is 26.7 Å². The minimum absolute atomic E-state index is 0.124. The fourth-order valence-electron chi connectivity index (χ4n) is 4.89. The first-order valence-electron chi connectivity index (χ1n) is 14.4. The maximum absolute atomic E-state index is 12.7. The van der Waals surface area contributed by atoms with Gasteiger partial charge in [-0.3, -0.25) is 9.69 Å². The fraction of sp³-hybridized carbons (Fsp3) is 0.355. The first-order chi connectivity index (χ1) is 20.9. The highest BCUT2D eigenvalue weighted by molar-refractivity contribution is 8.05. The van der Waals surface area contributed by atoms with Crippen LogP contribution in [0.1, 0.15) is 38.3 Å². The number of carbonyl (C=O) groups excluding carboxylic acids is 2. The number of imidazole rings is 2. The summed E-state index contributed by atoms with van der Waals surface area (Å²) >= 11 is 3.54. The molecule has 0 radical (unpaired) electrons. The monoisotopic (exact) mass is 619 g/mol. The maximum atomic E-state index is 12.7. The lowest BCUT2D eigenvalue weighted by molar-refractivity contribution is -0.130. The summed E-state index contributed by atoms with van der Waals surface area (Å²) in [5.74, 6) is 1.46. The summed E-state index contributed by atoms with van der Waals surface area (Å²) in [6.07, 6.45) is 5.00. The van der Waals surface area contributed by atoms with Gasteiger partial charge in [-0.15, -0.1) is 0 Å². The van der Waals surface area contributed by atoms with Crippen molar-refractivity contribution in [2.24, 2.45) is 0 Å². The molecule has 2 amide bonds. The lowest BCUT2D eigenvalue weighted by atomic mass is 10.2. The number of benzene rings is 2. The zero-order valence-corrected chi connectivity index (χ0v) is 26.5. The van der Waals surface area contributed by atoms with Crippen LogP contribution in [0.3, 0.4) is 0 Å². The summed E-state index contributed by atoms with van der Waals surface area (Å²) in [5.41, 5.74) is 4.06. The summed E-state index contributed by atoms with van der Waals surface area (Å²) in [4.78, 5) is 48.9. The van der Waals surface area contributed by atoms with Crippen LogP contribution in [0.2, 0.25) is 0 Å². The smallest absolute Gasteiger partial charge is 0.407 e. The highest BCUT2D eigenvalue weighted by Crippen LogP contribution is 2.50. The Balaban J connectivity index is 1.28. The number of ether oxygens (including phenoxy) is 1. The average molecular weight is 620 g/mol. The standard InChI is InChI=1S/C31H37N7O3S2/c1-5-11-37(3)18-28-32-15-22(35-28)20-7-9-24-26(13-20)43-27-14-21(8-10-25(27)42-24)23-16-33-29(36-23)19-38(12-6-2)30(39)17-34-31(40)41-4/h7-10,13-16H,5-6,11-12,17-19H2,1-4H3,(H,32,35)(H,33,36)(H,34,40). The quantitative estimate of drug-likeness (QED) is 0.155. The third-order valence-electron chi connectivity index (χ3n) is 6.99. The molecule has 3 heterocycles. The van der Waals surface area contributed by atoms with E-state index in [4.69, 9.17) is 0 Å². The van der Waals surface area contributed by atoms with Crippen molar-refractivity contribution in [1.82, 2.24) is 35.1 Å². The molecule has 43 heavy (non-hydrogen) atoms. The van der Waals surface area contributed by atoms with Crippen LogP contribution < -0.4 is 5.32 Å². The average Bonchev–Trinajstić information content (AvgIpc) is 3.68. The van der Waals surface area contributed by atoms with Crippen LogP contribution in [0.25, 0.3) is 22.5 Å². The third-order valence-corrected chi connectivity index (χ3v) is 9.51. The predicted molar refractivity (Wildman–Crippen MR) is 169 cm³/mol. The minimum Gasteiger partial charge on any atom is -0.453 e. The molecule has 2 aromatic heterocycles. The Morgan fingerprint density at radius 1 is 0.837 bits per heavy atom. The largest absolute Gasteiger partial charge is 0.453 e. The molecule has 12 heteroatoms. The third kappa shape index (κ3) is 7.62. The molecule has 0 bridgehead atoms. The number of nitrogens with one attached hydrogen (secondary N) is 3. The molecule has 226 valence electrons. The fourth-order valence-corrected chi connectivity index (χ4v) is 7.16. The lowest BCUT2D eigenvalue weighted by Crippen LogP contribution is -2.40. The van der Waals surface area contributed by atoms with Crippen LogP contribution in [-0.4, -0.2) is 75.5 Å². The van der Waals surface area contributed by atoms with Crippen molar-refractivity contribution in [1.29, 1.82) is 0 Å². The number of methoxy groups -OCH3 is 1. The number of aromatic nitrogens is 4. The Kier molecular flexibility index (Phi) is 10.1. The summed E-state index contributed by atoms with van der Waals surface area (Å²) in [6.45, 7) is 6.78. The molecule has 5 rings (SSSR count). The van der Waals surface area contributed by atoms with Gasteiger partial charge >= 0.3 is 6.09 Å². The van der Waals surface area contributed by atoms with E-state index >= 15 is 0 Å². The number of alkyl carbamates (subject to hydrolysis) is 1. The van der Waals surface area contributed by atoms with E-state index in [-0.39, 0.29) is 12.5 Å². The Hall–Kier alpha value is -3.74. The van der Waals surface area contributed by atoms with Crippen molar-refractivity contribution in [2.45, 2.75) is 59.4 Å². The van der Waals surface area contributed by atoms with Gasteiger partial charge in [-0.1, -0.05) is 49.5 Å². The van der Waals surface area contributed by atoms with Gasteiger partial charge in [0.25, 0.3) is 0 Å². The summed E-state index contributed by atoms with van der Waals surface area (Å²) in [5, 5.41) is 2.45. The van der Waals surface area contributed by atoms with Crippen LogP contribution in [0.5, 0.6) is 0 Å². The molecule has 0 spiro atoms. The molecule has 4 aromatic rings. The summed E-state index contributed by atoms with van der Waals surface area (Å²) in [6, 6.07) is 13.0. The number of carbonyl (C=O) groups is 2. The Bertz CT molecular complexity index is 1590. The van der Waals surface area contributed by atoms with Gasteiger partial charge in [0.1, 0.15) is 18.2 Å². The number of rotatable bonds is 12. The van der Waals surface area contributed by atoms with Gasteiger partial charge in [0.15, 0.2) is 0 Å². The van der Waals surface area contributed by atoms with Gasteiger partial charge < -0.3 is 24.9 Å². The van der Waals surface area contributed by atoms with Gasteiger partial charge in [-0.05, 0) is 50.7 Å². The van der Waals surface area contributed by atoms with Crippen LogP contribution in [0.4, 0.5) is 4.79 Å². The van der Waals surface area contributed by atoms with Crippen molar-refractivity contribution >= 4 is 35.5 Å². The molecular weight excluding hydrogens is 583 g/mol. The number of aromatic amines is 2. The molecule has 0 atom stereocenters. The second-order valence-corrected chi connectivity index (χ2v) is 12.6. The molecule has 2 aromatic carbocycles. The van der Waals surface area contributed by atoms with Gasteiger partial charge in [0.2, 0.25) is 5.91 Å². The SMILES string of the molecule is CCCN(C)Cc1ncc(-c2ccc3c(c2)Sc2cc(-c4cnc(CN(CCC)C(=O)CNC(=O)OC)[nH]4)ccc2S3)[nH]1. The molecule has 10 nitrogen and oxygen atoms in total. The van der Waals surface area contributed by atoms with Crippen LogP contribution in [-0.2, 0) is 22.6 Å². The first kappa shape index (κ1) is 30.7. The Morgan fingerprint density at radius 2 is 1.40 bits per heavy atom. The van der Waals surface area contributed by atoms with E-state index in [1.54, 1.807) is 34.6 Å². The van der Waals surface area contributed by atoms with Crippen molar-refractivity contribution in [3.63, 3.8) is 0 Å². The highest BCUT2D eigenvalue weighted by atomic mass is 32.2. The van der Waals surface area contributed by atoms with Crippen LogP contribution in [0, 0.1) is 0 Å². The number of H-pyrrole nitrogens is 2. The Morgan fingerprint density at radius 3 is 1.95 bits per heavy atom. The van der Waals surface area contributed by atoms with Crippen LogP contribution in [0.15, 0.2) is 68.4 Å². The molecule has 1 aliphatic heterocycles. The van der Waals surface area contributed by atoms with E-state index in [2.05, 4.69) is 85.3 Å². The van der Waals surface area contributed by atoms with E-state index in [9.17, 15) is 9.59 Å². The molecule has 0 saturated carbocycles.